The summed E-state index contributed by atoms with van der Waals surface area (Å²) in [6, 6.07) is 1.32. The monoisotopic (exact) mass is 294 g/mol. The van der Waals surface area contributed by atoms with E-state index in [1.54, 1.807) is 4.57 Å². The maximum absolute atomic E-state index is 12.1. The molecule has 2 aromatic rings. The van der Waals surface area contributed by atoms with Gasteiger partial charge in [0.2, 0.25) is 5.89 Å². The molecule has 2 aromatic heterocycles. The molecule has 3 rings (SSSR count). The van der Waals surface area contributed by atoms with E-state index < -0.39 is 0 Å². The molecule has 1 aliphatic rings. The first kappa shape index (κ1) is 13.3. The van der Waals surface area contributed by atoms with Gasteiger partial charge < -0.3 is 4.52 Å². The quantitative estimate of drug-likeness (QED) is 0.790. The van der Waals surface area contributed by atoms with Gasteiger partial charge in [-0.3, -0.25) is 9.36 Å². The van der Waals surface area contributed by atoms with Crippen LogP contribution >= 0.6 is 11.6 Å². The molecule has 0 amide bonds. The highest BCUT2D eigenvalue weighted by atomic mass is 35.5. The van der Waals surface area contributed by atoms with Gasteiger partial charge in [-0.1, -0.05) is 23.7 Å². The number of hydrogen-bond donors (Lipinski definition) is 0. The van der Waals surface area contributed by atoms with Gasteiger partial charge in [0, 0.05) is 18.4 Å². The van der Waals surface area contributed by atoms with E-state index in [9.17, 15) is 4.79 Å². The second kappa shape index (κ2) is 5.36. The van der Waals surface area contributed by atoms with E-state index in [-0.39, 0.29) is 17.3 Å². The zero-order chi connectivity index (χ0) is 14.1. The van der Waals surface area contributed by atoms with Crippen LogP contribution in [0.5, 0.6) is 0 Å². The summed E-state index contributed by atoms with van der Waals surface area (Å²) in [5, 5.41) is 4.15. The van der Waals surface area contributed by atoms with Gasteiger partial charge in [-0.15, -0.1) is 0 Å². The Bertz CT molecular complexity index is 675. The van der Waals surface area contributed by atoms with E-state index in [1.165, 1.54) is 6.07 Å². The van der Waals surface area contributed by atoms with Crippen molar-refractivity contribution in [3.8, 4) is 0 Å². The molecule has 0 N–H and O–H groups in total. The smallest absolute Gasteiger partial charge is 0.255 e. The molecule has 0 bridgehead atoms. The number of halogens is 1. The molecular weight excluding hydrogens is 280 g/mol. The molecule has 0 atom stereocenters. The normalized spacial score (nSPS) is 14.7. The SMILES string of the molecule is CCCc1nc(Cn2c(C3CC3)nc(Cl)cc2=O)no1. The molecule has 0 radical (unpaired) electrons. The van der Waals surface area contributed by atoms with Crippen LogP contribution in [0.1, 0.15) is 49.6 Å². The maximum atomic E-state index is 12.1. The predicted octanol–water partition coefficient (Wildman–Crippen LogP) is 2.16. The minimum atomic E-state index is -0.172. The van der Waals surface area contributed by atoms with Crippen molar-refractivity contribution in [2.75, 3.05) is 0 Å². The first-order valence-corrected chi connectivity index (χ1v) is 7.14. The molecule has 2 heterocycles. The molecule has 0 saturated heterocycles. The summed E-state index contributed by atoms with van der Waals surface area (Å²) in [6.45, 7) is 2.32. The molecule has 20 heavy (non-hydrogen) atoms. The average molecular weight is 295 g/mol. The Morgan fingerprint density at radius 1 is 1.45 bits per heavy atom. The van der Waals surface area contributed by atoms with Gasteiger partial charge >= 0.3 is 0 Å². The van der Waals surface area contributed by atoms with E-state index in [0.29, 0.717) is 17.6 Å². The van der Waals surface area contributed by atoms with Crippen molar-refractivity contribution < 1.29 is 4.52 Å². The van der Waals surface area contributed by atoms with Crippen LogP contribution in [0.2, 0.25) is 5.15 Å². The van der Waals surface area contributed by atoms with Crippen LogP contribution in [-0.4, -0.2) is 19.7 Å². The Morgan fingerprint density at radius 2 is 2.25 bits per heavy atom. The lowest BCUT2D eigenvalue weighted by atomic mass is 10.3. The van der Waals surface area contributed by atoms with Crippen molar-refractivity contribution in [3.05, 3.63) is 39.1 Å². The average Bonchev–Trinajstić information content (AvgIpc) is 3.15. The highest BCUT2D eigenvalue weighted by Crippen LogP contribution is 2.38. The van der Waals surface area contributed by atoms with Gasteiger partial charge in [0.05, 0.1) is 6.54 Å². The first-order valence-electron chi connectivity index (χ1n) is 6.76. The molecule has 0 unspecified atom stereocenters. The van der Waals surface area contributed by atoms with Crippen LogP contribution in [0.15, 0.2) is 15.4 Å². The summed E-state index contributed by atoms with van der Waals surface area (Å²) in [5.41, 5.74) is -0.172. The Morgan fingerprint density at radius 3 is 2.95 bits per heavy atom. The van der Waals surface area contributed by atoms with Gasteiger partial charge in [0.15, 0.2) is 5.82 Å². The molecule has 1 fully saturated rings. The number of rotatable bonds is 5. The fourth-order valence-corrected chi connectivity index (χ4v) is 2.30. The van der Waals surface area contributed by atoms with Gasteiger partial charge in [-0.25, -0.2) is 4.98 Å². The Kier molecular flexibility index (Phi) is 3.56. The van der Waals surface area contributed by atoms with Crippen LogP contribution in [0, 0.1) is 0 Å². The lowest BCUT2D eigenvalue weighted by Crippen LogP contribution is -2.25. The summed E-state index contributed by atoms with van der Waals surface area (Å²) in [5.74, 6) is 2.15. The zero-order valence-corrected chi connectivity index (χ0v) is 11.9. The third-order valence-corrected chi connectivity index (χ3v) is 3.42. The second-order valence-electron chi connectivity index (χ2n) is 4.99. The Hall–Kier alpha value is -1.69. The maximum Gasteiger partial charge on any atom is 0.255 e. The van der Waals surface area contributed by atoms with Crippen LogP contribution < -0.4 is 5.56 Å². The molecule has 7 heteroatoms. The van der Waals surface area contributed by atoms with Gasteiger partial charge in [-0.05, 0) is 19.3 Å². The minimum absolute atomic E-state index is 0.172. The Balaban J connectivity index is 1.91. The molecule has 106 valence electrons. The van der Waals surface area contributed by atoms with Crippen LogP contribution in [0.25, 0.3) is 0 Å². The molecule has 0 aromatic carbocycles. The first-order chi connectivity index (χ1) is 9.67. The molecule has 0 aliphatic heterocycles. The van der Waals surface area contributed by atoms with E-state index >= 15 is 0 Å². The van der Waals surface area contributed by atoms with Gasteiger partial charge in [-0.2, -0.15) is 4.98 Å². The fourth-order valence-electron chi connectivity index (χ4n) is 2.12. The fraction of sp³-hybridized carbons (Fsp3) is 0.538. The standard InChI is InChI=1S/C13H15ClN4O2/c1-2-3-11-16-10(17-20-11)7-18-12(19)6-9(14)15-13(18)8-4-5-8/h6,8H,2-5,7H2,1H3. The predicted molar refractivity (Wildman–Crippen MR) is 72.9 cm³/mol. The van der Waals surface area contributed by atoms with E-state index in [2.05, 4.69) is 15.1 Å². The van der Waals surface area contributed by atoms with Gasteiger partial charge in [0.25, 0.3) is 5.56 Å². The summed E-state index contributed by atoms with van der Waals surface area (Å²) in [7, 11) is 0. The largest absolute Gasteiger partial charge is 0.339 e. The second-order valence-corrected chi connectivity index (χ2v) is 5.38. The minimum Gasteiger partial charge on any atom is -0.339 e. The lowest BCUT2D eigenvalue weighted by Gasteiger charge is -2.09. The third-order valence-electron chi connectivity index (χ3n) is 3.22. The van der Waals surface area contributed by atoms with Crippen molar-refractivity contribution in [2.45, 2.75) is 45.1 Å². The van der Waals surface area contributed by atoms with Gasteiger partial charge in [0.1, 0.15) is 11.0 Å². The van der Waals surface area contributed by atoms with E-state index in [4.69, 9.17) is 16.1 Å². The van der Waals surface area contributed by atoms with Crippen molar-refractivity contribution in [1.29, 1.82) is 0 Å². The van der Waals surface area contributed by atoms with E-state index in [0.717, 1.165) is 31.5 Å². The third kappa shape index (κ3) is 2.75. The number of hydrogen-bond acceptors (Lipinski definition) is 5. The summed E-state index contributed by atoms with van der Waals surface area (Å²) < 4.78 is 6.72. The lowest BCUT2D eigenvalue weighted by molar-refractivity contribution is 0.370. The topological polar surface area (TPSA) is 73.8 Å². The zero-order valence-electron chi connectivity index (χ0n) is 11.2. The Labute approximate surface area is 120 Å². The summed E-state index contributed by atoms with van der Waals surface area (Å²) >= 11 is 5.87. The molecule has 0 spiro atoms. The summed E-state index contributed by atoms with van der Waals surface area (Å²) in [4.78, 5) is 20.6. The highest BCUT2D eigenvalue weighted by Gasteiger charge is 2.29. The summed E-state index contributed by atoms with van der Waals surface area (Å²) in [6.07, 6.45) is 3.77. The van der Waals surface area contributed by atoms with Crippen molar-refractivity contribution in [2.24, 2.45) is 0 Å². The molecular formula is C13H15ClN4O2. The number of nitrogens with zero attached hydrogens (tertiary/aromatic N) is 4. The molecule has 1 aliphatic carbocycles. The van der Waals surface area contributed by atoms with Crippen molar-refractivity contribution >= 4 is 11.6 Å². The molecule has 6 nitrogen and oxygen atoms in total. The van der Waals surface area contributed by atoms with Crippen LogP contribution in [0.3, 0.4) is 0 Å². The van der Waals surface area contributed by atoms with Crippen LogP contribution in [-0.2, 0) is 13.0 Å². The van der Waals surface area contributed by atoms with Crippen molar-refractivity contribution in [1.82, 2.24) is 19.7 Å². The highest BCUT2D eigenvalue weighted by molar-refractivity contribution is 6.29. The van der Waals surface area contributed by atoms with Crippen molar-refractivity contribution in [3.63, 3.8) is 0 Å². The van der Waals surface area contributed by atoms with Crippen LogP contribution in [0.4, 0.5) is 0 Å². The molecule has 1 saturated carbocycles. The number of aryl methyl sites for hydroxylation is 1. The number of aromatic nitrogens is 4. The van der Waals surface area contributed by atoms with E-state index in [1.807, 2.05) is 6.92 Å².